The van der Waals surface area contributed by atoms with E-state index in [1.54, 1.807) is 0 Å². The molecule has 118 valence electrons. The highest BCUT2D eigenvalue weighted by Crippen LogP contribution is 2.20. The van der Waals surface area contributed by atoms with Crippen LogP contribution in [0.15, 0.2) is 0 Å². The van der Waals surface area contributed by atoms with Crippen LogP contribution in [0.1, 0.15) is 45.4 Å². The number of hydrogen-bond acceptors (Lipinski definition) is 4. The number of nitrogens with one attached hydrogen (secondary N) is 1. The smallest absolute Gasteiger partial charge is 0.0585 e. The molecule has 20 heavy (non-hydrogen) atoms. The summed E-state index contributed by atoms with van der Waals surface area (Å²) in [7, 11) is 0. The molecule has 0 saturated carbocycles. The van der Waals surface area contributed by atoms with Gasteiger partial charge in [0.1, 0.15) is 0 Å². The summed E-state index contributed by atoms with van der Waals surface area (Å²) in [6.45, 7) is 9.70. The van der Waals surface area contributed by atoms with Crippen LogP contribution in [-0.4, -0.2) is 72.9 Å². The van der Waals surface area contributed by atoms with Crippen molar-refractivity contribution < 1.29 is 5.11 Å². The summed E-state index contributed by atoms with van der Waals surface area (Å²) in [5, 5.41) is 12.8. The van der Waals surface area contributed by atoms with Crippen molar-refractivity contribution in [3.8, 4) is 0 Å². The molecule has 0 bridgehead atoms. The van der Waals surface area contributed by atoms with Gasteiger partial charge in [-0.2, -0.15) is 0 Å². The van der Waals surface area contributed by atoms with Crippen LogP contribution in [0.25, 0.3) is 0 Å². The Kier molecular flexibility index (Phi) is 7.28. The van der Waals surface area contributed by atoms with E-state index in [4.69, 9.17) is 0 Å². The second-order valence-corrected chi connectivity index (χ2v) is 6.46. The zero-order valence-electron chi connectivity index (χ0n) is 13.2. The first-order chi connectivity index (χ1) is 9.83. The molecule has 0 amide bonds. The van der Waals surface area contributed by atoms with Crippen molar-refractivity contribution in [1.82, 2.24) is 15.1 Å². The summed E-state index contributed by atoms with van der Waals surface area (Å²) in [5.41, 5.74) is 0. The minimum atomic E-state index is 0.267. The Labute approximate surface area is 124 Å². The van der Waals surface area contributed by atoms with Gasteiger partial charge >= 0.3 is 0 Å². The van der Waals surface area contributed by atoms with Gasteiger partial charge in [-0.3, -0.25) is 4.90 Å². The van der Waals surface area contributed by atoms with Gasteiger partial charge in [-0.1, -0.05) is 13.3 Å². The number of nitrogens with zero attached hydrogens (tertiary/aromatic N) is 2. The van der Waals surface area contributed by atoms with E-state index in [2.05, 4.69) is 22.0 Å². The molecule has 2 aliphatic rings. The lowest BCUT2D eigenvalue weighted by Gasteiger charge is -2.32. The van der Waals surface area contributed by atoms with Gasteiger partial charge in [-0.25, -0.2) is 0 Å². The molecule has 2 saturated heterocycles. The minimum absolute atomic E-state index is 0.267. The fourth-order valence-electron chi connectivity index (χ4n) is 3.54. The van der Waals surface area contributed by atoms with Crippen molar-refractivity contribution in [3.05, 3.63) is 0 Å². The number of rotatable bonds is 8. The zero-order valence-corrected chi connectivity index (χ0v) is 13.2. The molecule has 0 aromatic heterocycles. The lowest BCUT2D eigenvalue weighted by Crippen LogP contribution is -2.41. The predicted molar refractivity (Wildman–Crippen MR) is 84.1 cm³/mol. The summed E-state index contributed by atoms with van der Waals surface area (Å²) < 4.78 is 0. The molecule has 0 aliphatic carbocycles. The standard InChI is InChI=1S/C16H33N3O/c1-2-8-17-15(14-20)6-11-18-12-7-16(13-18)19-9-4-3-5-10-19/h15-17,20H,2-14H2,1H3. The lowest BCUT2D eigenvalue weighted by molar-refractivity contribution is 0.159. The fourth-order valence-corrected chi connectivity index (χ4v) is 3.54. The largest absolute Gasteiger partial charge is 0.395 e. The molecule has 0 spiro atoms. The Balaban J connectivity index is 1.64. The second-order valence-electron chi connectivity index (χ2n) is 6.46. The Morgan fingerprint density at radius 1 is 1.20 bits per heavy atom. The molecule has 4 nitrogen and oxygen atoms in total. The van der Waals surface area contributed by atoms with Crippen LogP contribution in [0, 0.1) is 0 Å². The summed E-state index contributed by atoms with van der Waals surface area (Å²) in [4.78, 5) is 5.30. The van der Waals surface area contributed by atoms with E-state index in [1.165, 1.54) is 51.9 Å². The van der Waals surface area contributed by atoms with E-state index < -0.39 is 0 Å². The van der Waals surface area contributed by atoms with E-state index in [9.17, 15) is 5.11 Å². The van der Waals surface area contributed by atoms with Crippen molar-refractivity contribution in [3.63, 3.8) is 0 Å². The Morgan fingerprint density at radius 2 is 2.00 bits per heavy atom. The van der Waals surface area contributed by atoms with Crippen molar-refractivity contribution in [2.75, 3.05) is 45.9 Å². The maximum absolute atomic E-state index is 9.39. The Bertz CT molecular complexity index is 256. The molecule has 0 radical (unpaired) electrons. The van der Waals surface area contributed by atoms with Crippen LogP contribution in [0.5, 0.6) is 0 Å². The quantitative estimate of drug-likeness (QED) is 0.704. The summed E-state index contributed by atoms with van der Waals surface area (Å²) >= 11 is 0. The van der Waals surface area contributed by atoms with Gasteiger partial charge in [0, 0.05) is 18.6 Å². The van der Waals surface area contributed by atoms with Gasteiger partial charge in [-0.05, 0) is 64.8 Å². The van der Waals surface area contributed by atoms with E-state index in [1.807, 2.05) is 0 Å². The average molecular weight is 283 g/mol. The molecular formula is C16H33N3O. The molecule has 0 aromatic rings. The Morgan fingerprint density at radius 3 is 2.70 bits per heavy atom. The van der Waals surface area contributed by atoms with Crippen molar-refractivity contribution in [2.24, 2.45) is 0 Å². The Hall–Kier alpha value is -0.160. The number of piperidine rings is 1. The first-order valence-corrected chi connectivity index (χ1v) is 8.64. The van der Waals surface area contributed by atoms with Crippen molar-refractivity contribution in [2.45, 2.75) is 57.5 Å². The third-order valence-electron chi connectivity index (χ3n) is 4.85. The number of hydrogen-bond donors (Lipinski definition) is 2. The van der Waals surface area contributed by atoms with Gasteiger partial charge in [0.25, 0.3) is 0 Å². The number of likely N-dealkylation sites (tertiary alicyclic amines) is 2. The summed E-state index contributed by atoms with van der Waals surface area (Å²) in [6, 6.07) is 1.08. The first-order valence-electron chi connectivity index (χ1n) is 8.64. The maximum atomic E-state index is 9.39. The lowest BCUT2D eigenvalue weighted by atomic mass is 10.1. The number of aliphatic hydroxyl groups excluding tert-OH is 1. The highest BCUT2D eigenvalue weighted by Gasteiger charge is 2.28. The van der Waals surface area contributed by atoms with Crippen molar-refractivity contribution in [1.29, 1.82) is 0 Å². The van der Waals surface area contributed by atoms with Crippen LogP contribution in [0.4, 0.5) is 0 Å². The van der Waals surface area contributed by atoms with Gasteiger partial charge in [0.05, 0.1) is 6.61 Å². The van der Waals surface area contributed by atoms with E-state index in [0.717, 1.165) is 32.0 Å². The van der Waals surface area contributed by atoms with E-state index >= 15 is 0 Å². The predicted octanol–water partition coefficient (Wildman–Crippen LogP) is 1.30. The molecule has 2 heterocycles. The van der Waals surface area contributed by atoms with Gasteiger partial charge in [0.2, 0.25) is 0 Å². The van der Waals surface area contributed by atoms with Crippen molar-refractivity contribution >= 4 is 0 Å². The molecule has 2 N–H and O–H groups in total. The van der Waals surface area contributed by atoms with Gasteiger partial charge in [0.15, 0.2) is 0 Å². The fraction of sp³-hybridized carbons (Fsp3) is 1.00. The van der Waals surface area contributed by atoms with Crippen LogP contribution in [0.3, 0.4) is 0 Å². The van der Waals surface area contributed by atoms with Crippen LogP contribution in [0.2, 0.25) is 0 Å². The molecular weight excluding hydrogens is 250 g/mol. The summed E-state index contributed by atoms with van der Waals surface area (Å²) in [5.74, 6) is 0. The van der Waals surface area contributed by atoms with Crippen LogP contribution >= 0.6 is 0 Å². The normalized spacial score (nSPS) is 27.0. The molecule has 0 aromatic carbocycles. The van der Waals surface area contributed by atoms with E-state index in [-0.39, 0.29) is 12.6 Å². The second kappa shape index (κ2) is 8.98. The van der Waals surface area contributed by atoms with Gasteiger partial charge in [-0.15, -0.1) is 0 Å². The molecule has 2 fully saturated rings. The third-order valence-corrected chi connectivity index (χ3v) is 4.85. The first kappa shape index (κ1) is 16.2. The van der Waals surface area contributed by atoms with Gasteiger partial charge < -0.3 is 15.3 Å². The van der Waals surface area contributed by atoms with Crippen LogP contribution < -0.4 is 5.32 Å². The van der Waals surface area contributed by atoms with E-state index in [0.29, 0.717) is 0 Å². The maximum Gasteiger partial charge on any atom is 0.0585 e. The molecule has 2 aliphatic heterocycles. The highest BCUT2D eigenvalue weighted by atomic mass is 16.3. The SMILES string of the molecule is CCCNC(CO)CCN1CCC(N2CCCCC2)C1. The molecule has 2 unspecified atom stereocenters. The van der Waals surface area contributed by atoms with Crippen LogP contribution in [-0.2, 0) is 0 Å². The molecule has 4 heteroatoms. The molecule has 2 atom stereocenters. The highest BCUT2D eigenvalue weighted by molar-refractivity contribution is 4.85. The third kappa shape index (κ3) is 4.99. The number of aliphatic hydroxyl groups is 1. The topological polar surface area (TPSA) is 38.7 Å². The monoisotopic (exact) mass is 283 g/mol. The zero-order chi connectivity index (χ0) is 14.2. The average Bonchev–Trinajstić information content (AvgIpc) is 2.97. The summed E-state index contributed by atoms with van der Waals surface area (Å²) in [6.07, 6.45) is 7.76. The minimum Gasteiger partial charge on any atom is -0.395 e. The molecule has 2 rings (SSSR count).